The van der Waals surface area contributed by atoms with Crippen LogP contribution in [-0.2, 0) is 0 Å². The number of hydrogen-bond donors (Lipinski definition) is 1. The van der Waals surface area contributed by atoms with Gasteiger partial charge in [0.2, 0.25) is 0 Å². The summed E-state index contributed by atoms with van der Waals surface area (Å²) in [6, 6.07) is 2.57. The van der Waals surface area contributed by atoms with Gasteiger partial charge in [-0.15, -0.1) is 0 Å². The first-order valence-corrected chi connectivity index (χ1v) is 5.95. The molecule has 2 heterocycles. The summed E-state index contributed by atoms with van der Waals surface area (Å²) in [5.41, 5.74) is 1.01. The first kappa shape index (κ1) is 9.77. The second-order valence-electron chi connectivity index (χ2n) is 3.77. The van der Waals surface area contributed by atoms with Gasteiger partial charge in [-0.25, -0.2) is 9.97 Å². The molecule has 2 atom stereocenters. The zero-order valence-corrected chi connectivity index (χ0v) is 9.34. The van der Waals surface area contributed by atoms with Gasteiger partial charge in [-0.3, -0.25) is 0 Å². The number of hydrogen-bond acceptors (Lipinski definition) is 4. The molecule has 1 aromatic heterocycles. The second kappa shape index (κ2) is 4.17. The van der Waals surface area contributed by atoms with E-state index in [0.29, 0.717) is 6.04 Å². The van der Waals surface area contributed by atoms with E-state index in [0.717, 1.165) is 16.8 Å². The van der Waals surface area contributed by atoms with Gasteiger partial charge in [-0.2, -0.15) is 11.8 Å². The second-order valence-corrected chi connectivity index (χ2v) is 5.24. The molecule has 0 spiro atoms. The molecule has 1 aromatic rings. The number of nitrogens with one attached hydrogen (secondary N) is 1. The Hall–Kier alpha value is -0.770. The molecule has 0 aromatic carbocycles. The first-order chi connectivity index (χ1) is 6.74. The van der Waals surface area contributed by atoms with Crippen molar-refractivity contribution in [3.8, 4) is 0 Å². The van der Waals surface area contributed by atoms with Crippen LogP contribution in [0, 0.1) is 6.92 Å². The lowest BCUT2D eigenvalue weighted by Crippen LogP contribution is -2.19. The largest absolute Gasteiger partial charge is 0.366 e. The van der Waals surface area contributed by atoms with Crippen LogP contribution in [0.15, 0.2) is 12.4 Å². The van der Waals surface area contributed by atoms with E-state index in [2.05, 4.69) is 22.2 Å². The molecule has 76 valence electrons. The average Bonchev–Trinajstić information content (AvgIpc) is 2.51. The molecule has 0 radical (unpaired) electrons. The van der Waals surface area contributed by atoms with Crippen LogP contribution >= 0.6 is 11.8 Å². The van der Waals surface area contributed by atoms with E-state index >= 15 is 0 Å². The molecule has 1 saturated heterocycles. The molecule has 4 heteroatoms. The lowest BCUT2D eigenvalue weighted by atomic mass is 10.2. The van der Waals surface area contributed by atoms with Crippen molar-refractivity contribution in [3.05, 3.63) is 18.1 Å². The monoisotopic (exact) mass is 209 g/mol. The third-order valence-corrected chi connectivity index (χ3v) is 3.71. The molecular formula is C10H15N3S. The van der Waals surface area contributed by atoms with Gasteiger partial charge in [-0.05, 0) is 13.3 Å². The van der Waals surface area contributed by atoms with Crippen molar-refractivity contribution in [2.75, 3.05) is 11.1 Å². The van der Waals surface area contributed by atoms with E-state index in [1.165, 1.54) is 12.2 Å². The van der Waals surface area contributed by atoms with Crippen LogP contribution in [0.1, 0.15) is 19.0 Å². The molecule has 1 N–H and O–H groups in total. The summed E-state index contributed by atoms with van der Waals surface area (Å²) in [5, 5.41) is 4.21. The van der Waals surface area contributed by atoms with E-state index in [-0.39, 0.29) is 0 Å². The fraction of sp³-hybridized carbons (Fsp3) is 0.600. The lowest BCUT2D eigenvalue weighted by molar-refractivity contribution is 0.742. The summed E-state index contributed by atoms with van der Waals surface area (Å²) in [6.45, 7) is 4.26. The van der Waals surface area contributed by atoms with Gasteiger partial charge in [0.25, 0.3) is 0 Å². The topological polar surface area (TPSA) is 37.8 Å². The van der Waals surface area contributed by atoms with Crippen molar-refractivity contribution >= 4 is 17.6 Å². The van der Waals surface area contributed by atoms with Crippen molar-refractivity contribution in [2.24, 2.45) is 0 Å². The molecular weight excluding hydrogens is 194 g/mol. The van der Waals surface area contributed by atoms with E-state index in [4.69, 9.17) is 0 Å². The van der Waals surface area contributed by atoms with Crippen LogP contribution in [0.4, 0.5) is 5.82 Å². The Morgan fingerprint density at radius 1 is 1.50 bits per heavy atom. The number of anilines is 1. The number of nitrogens with zero attached hydrogens (tertiary/aromatic N) is 2. The zero-order chi connectivity index (χ0) is 9.97. The number of thioether (sulfide) groups is 1. The highest BCUT2D eigenvalue weighted by molar-refractivity contribution is 8.00. The van der Waals surface area contributed by atoms with Crippen LogP contribution in [0.25, 0.3) is 0 Å². The van der Waals surface area contributed by atoms with Crippen molar-refractivity contribution < 1.29 is 0 Å². The third kappa shape index (κ3) is 2.38. The predicted molar refractivity (Wildman–Crippen MR) is 60.7 cm³/mol. The maximum absolute atomic E-state index is 4.20. The van der Waals surface area contributed by atoms with Crippen LogP contribution in [0.2, 0.25) is 0 Å². The Morgan fingerprint density at radius 2 is 2.36 bits per heavy atom. The van der Waals surface area contributed by atoms with Gasteiger partial charge in [0, 0.05) is 28.8 Å². The Labute approximate surface area is 88.7 Å². The highest BCUT2D eigenvalue weighted by Crippen LogP contribution is 2.27. The standard InChI is InChI=1S/C10H15N3S/c1-7-3-10(12-6-11-7)13-9-4-8(2)14-5-9/h3,6,8-9H,4-5H2,1-2H3,(H,11,12,13). The molecule has 1 fully saturated rings. The molecule has 2 unspecified atom stereocenters. The highest BCUT2D eigenvalue weighted by atomic mass is 32.2. The van der Waals surface area contributed by atoms with Gasteiger partial charge in [-0.1, -0.05) is 6.92 Å². The maximum atomic E-state index is 4.20. The average molecular weight is 209 g/mol. The van der Waals surface area contributed by atoms with Gasteiger partial charge in [0.05, 0.1) is 0 Å². The fourth-order valence-electron chi connectivity index (χ4n) is 1.66. The Bertz CT molecular complexity index is 316. The van der Waals surface area contributed by atoms with E-state index in [1.807, 2.05) is 24.8 Å². The van der Waals surface area contributed by atoms with Gasteiger partial charge in [0.15, 0.2) is 0 Å². The Morgan fingerprint density at radius 3 is 3.00 bits per heavy atom. The molecule has 1 aliphatic rings. The maximum Gasteiger partial charge on any atom is 0.129 e. The molecule has 3 nitrogen and oxygen atoms in total. The minimum atomic E-state index is 0.573. The fourth-order valence-corrected chi connectivity index (χ4v) is 2.81. The summed E-state index contributed by atoms with van der Waals surface area (Å²) in [4.78, 5) is 8.27. The lowest BCUT2D eigenvalue weighted by Gasteiger charge is -2.11. The van der Waals surface area contributed by atoms with Crippen molar-refractivity contribution in [1.82, 2.24) is 9.97 Å². The zero-order valence-electron chi connectivity index (χ0n) is 8.53. The summed E-state index contributed by atoms with van der Waals surface area (Å²) < 4.78 is 0. The quantitative estimate of drug-likeness (QED) is 0.809. The molecule has 0 bridgehead atoms. The number of aromatic nitrogens is 2. The highest BCUT2D eigenvalue weighted by Gasteiger charge is 2.21. The minimum absolute atomic E-state index is 0.573. The smallest absolute Gasteiger partial charge is 0.129 e. The minimum Gasteiger partial charge on any atom is -0.366 e. The van der Waals surface area contributed by atoms with E-state index < -0.39 is 0 Å². The SMILES string of the molecule is Cc1cc(NC2CSC(C)C2)ncn1. The van der Waals surface area contributed by atoms with E-state index in [9.17, 15) is 0 Å². The van der Waals surface area contributed by atoms with Crippen molar-refractivity contribution in [3.63, 3.8) is 0 Å². The molecule has 14 heavy (non-hydrogen) atoms. The normalized spacial score (nSPS) is 26.4. The summed E-state index contributed by atoms with van der Waals surface area (Å²) in [6.07, 6.45) is 2.84. The molecule has 0 saturated carbocycles. The van der Waals surface area contributed by atoms with Gasteiger partial charge in [0.1, 0.15) is 12.1 Å². The van der Waals surface area contributed by atoms with Gasteiger partial charge >= 0.3 is 0 Å². The molecule has 0 aliphatic carbocycles. The van der Waals surface area contributed by atoms with E-state index in [1.54, 1.807) is 6.33 Å². The van der Waals surface area contributed by atoms with Crippen LogP contribution in [-0.4, -0.2) is 27.0 Å². The summed E-state index contributed by atoms with van der Waals surface area (Å²) in [7, 11) is 0. The Balaban J connectivity index is 1.97. The summed E-state index contributed by atoms with van der Waals surface area (Å²) >= 11 is 2.02. The predicted octanol–water partition coefficient (Wildman–Crippen LogP) is 2.09. The number of rotatable bonds is 2. The van der Waals surface area contributed by atoms with Crippen molar-refractivity contribution in [2.45, 2.75) is 31.6 Å². The molecule has 0 amide bonds. The first-order valence-electron chi connectivity index (χ1n) is 4.91. The van der Waals surface area contributed by atoms with Crippen LogP contribution < -0.4 is 5.32 Å². The molecule has 2 rings (SSSR count). The van der Waals surface area contributed by atoms with Crippen molar-refractivity contribution in [1.29, 1.82) is 0 Å². The Kier molecular flexibility index (Phi) is 2.91. The van der Waals surface area contributed by atoms with Gasteiger partial charge < -0.3 is 5.32 Å². The molecule has 1 aliphatic heterocycles. The third-order valence-electron chi connectivity index (χ3n) is 2.35. The number of aryl methyl sites for hydroxylation is 1. The summed E-state index contributed by atoms with van der Waals surface area (Å²) in [5.74, 6) is 2.14. The van der Waals surface area contributed by atoms with Crippen LogP contribution in [0.3, 0.4) is 0 Å². The van der Waals surface area contributed by atoms with Crippen LogP contribution in [0.5, 0.6) is 0 Å².